The van der Waals surface area contributed by atoms with Crippen LogP contribution in [0.2, 0.25) is 0 Å². The van der Waals surface area contributed by atoms with E-state index < -0.39 is 10.0 Å². The van der Waals surface area contributed by atoms with Crippen LogP contribution in [0.5, 0.6) is 5.75 Å². The molecule has 170 valence electrons. The van der Waals surface area contributed by atoms with Gasteiger partial charge in [-0.15, -0.1) is 0 Å². The average molecular weight is 475 g/mol. The van der Waals surface area contributed by atoms with Crippen molar-refractivity contribution in [3.05, 3.63) is 48.0 Å². The first kappa shape index (κ1) is 22.5. The fraction of sp³-hybridized carbons (Fsp3) is 0.364. The molecule has 0 radical (unpaired) electrons. The average Bonchev–Trinajstić information content (AvgIpc) is 3.25. The van der Waals surface area contributed by atoms with Gasteiger partial charge in [-0.05, 0) is 55.7 Å². The molecule has 10 heteroatoms. The first-order valence-corrected chi connectivity index (χ1v) is 12.8. The summed E-state index contributed by atoms with van der Waals surface area (Å²) >= 11 is 1.39. The van der Waals surface area contributed by atoms with E-state index in [0.717, 1.165) is 35.9 Å². The molecule has 0 spiro atoms. The number of hydrogen-bond donors (Lipinski definition) is 2. The molecule has 1 saturated heterocycles. The summed E-state index contributed by atoms with van der Waals surface area (Å²) in [5, 5.41) is 0.521. The van der Waals surface area contributed by atoms with Gasteiger partial charge in [0.15, 0.2) is 0 Å². The normalized spacial score (nSPS) is 17.2. The Balaban J connectivity index is 1.44. The number of para-hydroxylation sites is 1. The van der Waals surface area contributed by atoms with Crippen LogP contribution in [0.1, 0.15) is 43.0 Å². The van der Waals surface area contributed by atoms with Gasteiger partial charge >= 0.3 is 0 Å². The lowest BCUT2D eigenvalue weighted by molar-refractivity contribution is 0.0962. The molecule has 0 saturated carbocycles. The highest BCUT2D eigenvalue weighted by molar-refractivity contribution is 7.89. The van der Waals surface area contributed by atoms with Crippen molar-refractivity contribution in [1.29, 1.82) is 0 Å². The minimum Gasteiger partial charge on any atom is -0.494 e. The molecule has 1 amide bonds. The number of benzene rings is 2. The Morgan fingerprint density at radius 3 is 2.72 bits per heavy atom. The van der Waals surface area contributed by atoms with Gasteiger partial charge in [-0.25, -0.2) is 13.4 Å². The van der Waals surface area contributed by atoms with Crippen LogP contribution in [-0.4, -0.2) is 43.3 Å². The van der Waals surface area contributed by atoms with Crippen LogP contribution >= 0.6 is 11.3 Å². The summed E-state index contributed by atoms with van der Waals surface area (Å²) in [6.45, 7) is 2.56. The Bertz CT molecular complexity index is 1210. The van der Waals surface area contributed by atoms with Gasteiger partial charge in [0.1, 0.15) is 11.3 Å². The molecule has 2 N–H and O–H groups in total. The molecule has 0 aliphatic carbocycles. The van der Waals surface area contributed by atoms with Crippen LogP contribution in [0.4, 0.5) is 5.13 Å². The van der Waals surface area contributed by atoms with Crippen LogP contribution in [0.3, 0.4) is 0 Å². The number of nitrogens with one attached hydrogen (secondary N) is 2. The molecule has 2 aromatic carbocycles. The summed E-state index contributed by atoms with van der Waals surface area (Å²) in [6, 6.07) is 11.7. The smallest absolute Gasteiger partial charge is 0.269 e. The predicted molar refractivity (Wildman–Crippen MR) is 126 cm³/mol. The molecular formula is C22H26N4O4S2. The maximum absolute atomic E-state index is 13.1. The molecule has 32 heavy (non-hydrogen) atoms. The molecule has 1 aromatic heterocycles. The van der Waals surface area contributed by atoms with Gasteiger partial charge in [-0.1, -0.05) is 30.7 Å². The number of anilines is 1. The molecule has 1 atom stereocenters. The van der Waals surface area contributed by atoms with E-state index in [0.29, 0.717) is 23.0 Å². The quantitative estimate of drug-likeness (QED) is 0.502. The maximum atomic E-state index is 13.1. The third-order valence-electron chi connectivity index (χ3n) is 5.65. The number of aromatic nitrogens is 1. The summed E-state index contributed by atoms with van der Waals surface area (Å²) in [5.74, 6) is 0.276. The van der Waals surface area contributed by atoms with Crippen molar-refractivity contribution in [2.75, 3.05) is 19.1 Å². The van der Waals surface area contributed by atoms with Crippen molar-refractivity contribution in [2.24, 2.45) is 0 Å². The Morgan fingerprint density at radius 1 is 1.22 bits per heavy atom. The van der Waals surface area contributed by atoms with E-state index in [2.05, 4.69) is 15.8 Å². The molecule has 2 heterocycles. The van der Waals surface area contributed by atoms with Crippen molar-refractivity contribution < 1.29 is 17.9 Å². The predicted octanol–water partition coefficient (Wildman–Crippen LogP) is 4.02. The van der Waals surface area contributed by atoms with Gasteiger partial charge in [0, 0.05) is 18.2 Å². The Kier molecular flexibility index (Phi) is 6.63. The molecule has 1 aliphatic heterocycles. The summed E-state index contributed by atoms with van der Waals surface area (Å²) in [6.07, 6.45) is 3.61. The van der Waals surface area contributed by atoms with Gasteiger partial charge in [0.25, 0.3) is 5.91 Å². The van der Waals surface area contributed by atoms with Gasteiger partial charge < -0.3 is 4.74 Å². The topological polar surface area (TPSA) is 101 Å². The highest BCUT2D eigenvalue weighted by atomic mass is 32.2. The zero-order valence-electron chi connectivity index (χ0n) is 18.0. The lowest BCUT2D eigenvalue weighted by atomic mass is 10.0. The lowest BCUT2D eigenvalue weighted by Gasteiger charge is -2.34. The van der Waals surface area contributed by atoms with Crippen molar-refractivity contribution in [2.45, 2.75) is 43.5 Å². The first-order chi connectivity index (χ1) is 15.4. The third-order valence-corrected chi connectivity index (χ3v) is 8.55. The fourth-order valence-electron chi connectivity index (χ4n) is 3.94. The number of carbonyl (C=O) groups excluding carboxylic acids is 1. The number of fused-ring (bicyclic) bond motifs is 1. The summed E-state index contributed by atoms with van der Waals surface area (Å²) in [7, 11) is -1.99. The number of rotatable bonds is 7. The molecule has 1 fully saturated rings. The number of hydrogen-bond acceptors (Lipinski definition) is 7. The number of amides is 1. The highest BCUT2D eigenvalue weighted by Gasteiger charge is 2.32. The largest absolute Gasteiger partial charge is 0.494 e. The number of piperidine rings is 1. The van der Waals surface area contributed by atoms with Crippen LogP contribution in [-0.2, 0) is 10.0 Å². The monoisotopic (exact) mass is 474 g/mol. The van der Waals surface area contributed by atoms with Crippen LogP contribution in [0.25, 0.3) is 10.2 Å². The number of thiazole rings is 1. The second-order valence-corrected chi connectivity index (χ2v) is 10.5. The number of hydrazine groups is 1. The molecule has 1 aliphatic rings. The van der Waals surface area contributed by atoms with Gasteiger partial charge in [0.2, 0.25) is 15.2 Å². The minimum atomic E-state index is -3.58. The SMILES string of the molecule is CC[C@H]1CCCCN1S(=O)(=O)c1ccc(C(=O)NNc2nc3c(OC)cccc3s2)cc1. The number of ether oxygens (including phenoxy) is 1. The van der Waals surface area contributed by atoms with Gasteiger partial charge in [0.05, 0.1) is 16.7 Å². The van der Waals surface area contributed by atoms with E-state index in [1.807, 2.05) is 25.1 Å². The summed E-state index contributed by atoms with van der Waals surface area (Å²) in [4.78, 5) is 17.2. The standard InChI is InChI=1S/C22H26N4O4S2/c1-3-16-7-4-5-14-26(16)32(28,29)17-12-10-15(11-13-17)21(27)24-25-22-23-20-18(30-2)8-6-9-19(20)31-22/h6,8-13,16H,3-5,7,14H2,1-2H3,(H,23,25)(H,24,27)/t16-/m0/s1. The maximum Gasteiger partial charge on any atom is 0.269 e. The van der Waals surface area contributed by atoms with Crippen molar-refractivity contribution in [3.63, 3.8) is 0 Å². The first-order valence-electron chi connectivity index (χ1n) is 10.6. The van der Waals surface area contributed by atoms with Gasteiger partial charge in [-0.3, -0.25) is 15.6 Å². The van der Waals surface area contributed by atoms with Crippen molar-refractivity contribution in [1.82, 2.24) is 14.7 Å². The molecular weight excluding hydrogens is 448 g/mol. The number of carbonyl (C=O) groups is 1. The van der Waals surface area contributed by atoms with Crippen LogP contribution in [0.15, 0.2) is 47.4 Å². The third kappa shape index (κ3) is 4.43. The zero-order valence-corrected chi connectivity index (χ0v) is 19.6. The van der Waals surface area contributed by atoms with Crippen LogP contribution in [0, 0.1) is 0 Å². The fourth-order valence-corrected chi connectivity index (χ4v) is 6.54. The van der Waals surface area contributed by atoms with E-state index in [1.165, 1.54) is 35.6 Å². The van der Waals surface area contributed by atoms with E-state index in [-0.39, 0.29) is 16.8 Å². The van der Waals surface area contributed by atoms with E-state index in [9.17, 15) is 13.2 Å². The Morgan fingerprint density at radius 2 is 2.00 bits per heavy atom. The Labute approximate surface area is 191 Å². The van der Waals surface area contributed by atoms with Crippen molar-refractivity contribution in [3.8, 4) is 5.75 Å². The zero-order chi connectivity index (χ0) is 22.7. The Hall–Kier alpha value is -2.69. The minimum absolute atomic E-state index is 0.0355. The highest BCUT2D eigenvalue weighted by Crippen LogP contribution is 2.32. The molecule has 8 nitrogen and oxygen atoms in total. The molecule has 4 rings (SSSR count). The second kappa shape index (κ2) is 9.43. The van der Waals surface area contributed by atoms with Gasteiger partial charge in [-0.2, -0.15) is 4.31 Å². The number of sulfonamides is 1. The molecule has 3 aromatic rings. The summed E-state index contributed by atoms with van der Waals surface area (Å²) < 4.78 is 34.0. The number of methoxy groups -OCH3 is 1. The second-order valence-electron chi connectivity index (χ2n) is 7.60. The van der Waals surface area contributed by atoms with Crippen molar-refractivity contribution >= 4 is 42.6 Å². The summed E-state index contributed by atoms with van der Waals surface area (Å²) in [5.41, 5.74) is 6.49. The van der Waals surface area contributed by atoms with E-state index >= 15 is 0 Å². The van der Waals surface area contributed by atoms with Crippen LogP contribution < -0.4 is 15.6 Å². The molecule has 0 bridgehead atoms. The number of nitrogens with zero attached hydrogens (tertiary/aromatic N) is 2. The lowest BCUT2D eigenvalue weighted by Crippen LogP contribution is -2.43. The molecule has 0 unspecified atom stereocenters. The van der Waals surface area contributed by atoms with E-state index in [1.54, 1.807) is 11.4 Å². The van der Waals surface area contributed by atoms with E-state index in [4.69, 9.17) is 4.74 Å².